The van der Waals surface area contributed by atoms with Crippen LogP contribution in [0.3, 0.4) is 0 Å². The first-order valence-corrected chi connectivity index (χ1v) is 13.4. The lowest BCUT2D eigenvalue weighted by molar-refractivity contribution is -0.138. The number of aromatic nitrogens is 1. The number of thiazole rings is 1. The number of fused-ring (bicyclic) bond motifs is 1. The highest BCUT2D eigenvalue weighted by Crippen LogP contribution is 2.36. The minimum atomic E-state index is -0.791. The van der Waals surface area contributed by atoms with E-state index in [0.717, 1.165) is 5.56 Å². The van der Waals surface area contributed by atoms with E-state index in [1.807, 2.05) is 60.7 Å². The summed E-state index contributed by atoms with van der Waals surface area (Å²) in [6.07, 6.45) is 1.76. The van der Waals surface area contributed by atoms with Crippen molar-refractivity contribution in [2.75, 3.05) is 27.9 Å². The van der Waals surface area contributed by atoms with E-state index in [-0.39, 0.29) is 17.7 Å². The monoisotopic (exact) mass is 556 g/mol. The molecule has 0 N–H and O–H groups in total. The summed E-state index contributed by atoms with van der Waals surface area (Å²) in [5.74, 6) is 1.26. The molecule has 0 amide bonds. The maximum absolute atomic E-state index is 14.1. The van der Waals surface area contributed by atoms with Crippen LogP contribution in [0.4, 0.5) is 0 Å². The van der Waals surface area contributed by atoms with E-state index < -0.39 is 12.0 Å². The van der Waals surface area contributed by atoms with E-state index in [1.54, 1.807) is 51.0 Å². The van der Waals surface area contributed by atoms with Crippen LogP contribution in [0.15, 0.2) is 88.2 Å². The number of rotatable bonds is 8. The molecule has 0 aliphatic carbocycles. The van der Waals surface area contributed by atoms with Gasteiger partial charge in [-0.15, -0.1) is 0 Å². The zero-order valence-electron chi connectivity index (χ0n) is 22.5. The Kier molecular flexibility index (Phi) is 7.84. The lowest BCUT2D eigenvalue weighted by Crippen LogP contribution is -2.40. The topological polar surface area (TPSA) is 88.4 Å². The van der Waals surface area contributed by atoms with E-state index in [9.17, 15) is 9.59 Å². The van der Waals surface area contributed by atoms with Crippen molar-refractivity contribution in [1.82, 2.24) is 4.57 Å². The molecule has 1 aliphatic heterocycles. The first-order chi connectivity index (χ1) is 19.5. The Morgan fingerprint density at radius 2 is 1.70 bits per heavy atom. The summed E-state index contributed by atoms with van der Waals surface area (Å²) in [4.78, 5) is 33.0. The van der Waals surface area contributed by atoms with E-state index >= 15 is 0 Å². The first kappa shape index (κ1) is 27.0. The van der Waals surface area contributed by atoms with Crippen molar-refractivity contribution < 1.29 is 23.7 Å². The molecule has 9 heteroatoms. The quantitative estimate of drug-likeness (QED) is 0.306. The van der Waals surface area contributed by atoms with E-state index in [2.05, 4.69) is 0 Å². The first-order valence-electron chi connectivity index (χ1n) is 12.6. The fourth-order valence-corrected chi connectivity index (χ4v) is 5.64. The number of carbonyl (C=O) groups excluding carboxylic acids is 1. The Hall–Kier alpha value is -4.63. The zero-order valence-corrected chi connectivity index (χ0v) is 23.4. The van der Waals surface area contributed by atoms with Crippen LogP contribution in [0.25, 0.3) is 11.8 Å². The van der Waals surface area contributed by atoms with Gasteiger partial charge in [0.05, 0.1) is 49.8 Å². The van der Waals surface area contributed by atoms with Crippen molar-refractivity contribution in [1.29, 1.82) is 0 Å². The Bertz CT molecular complexity index is 1770. The standard InChI is InChI=1S/C31H28N2O6S/c1-5-39-30(35)26-27(19-10-7-6-8-11-19)32-31-33(28(26)21-12-9-13-22(16-21)36-2)29(34)25(40-31)17-20-14-15-23(37-3)18-24(20)38-4/h6-18,28H,5H2,1-4H3/b25-17+. The number of hydrogen-bond donors (Lipinski definition) is 0. The van der Waals surface area contributed by atoms with E-state index in [4.69, 9.17) is 23.9 Å². The van der Waals surface area contributed by atoms with Crippen LogP contribution in [-0.4, -0.2) is 38.5 Å². The van der Waals surface area contributed by atoms with Crippen LogP contribution in [0.1, 0.15) is 29.7 Å². The summed E-state index contributed by atoms with van der Waals surface area (Å²) < 4.78 is 23.8. The zero-order chi connectivity index (χ0) is 28.2. The lowest BCUT2D eigenvalue weighted by Gasteiger charge is -2.26. The summed E-state index contributed by atoms with van der Waals surface area (Å²) in [5, 5.41) is 0. The van der Waals surface area contributed by atoms with Gasteiger partial charge < -0.3 is 18.9 Å². The maximum atomic E-state index is 14.1. The number of ether oxygens (including phenoxy) is 4. The number of carbonyl (C=O) groups is 1. The second-order valence-corrected chi connectivity index (χ2v) is 9.83. The van der Waals surface area contributed by atoms with Gasteiger partial charge in [0.15, 0.2) is 4.80 Å². The molecule has 1 aromatic heterocycles. The third kappa shape index (κ3) is 5.03. The fraction of sp³-hybridized carbons (Fsp3) is 0.194. The van der Waals surface area contributed by atoms with Gasteiger partial charge in [-0.1, -0.05) is 53.8 Å². The van der Waals surface area contributed by atoms with Crippen LogP contribution in [0.5, 0.6) is 17.2 Å². The number of esters is 1. The van der Waals surface area contributed by atoms with Crippen molar-refractivity contribution >= 4 is 29.1 Å². The Morgan fingerprint density at radius 1 is 0.950 bits per heavy atom. The van der Waals surface area contributed by atoms with Gasteiger partial charge in [-0.3, -0.25) is 9.36 Å². The van der Waals surface area contributed by atoms with Crippen molar-refractivity contribution in [2.45, 2.75) is 13.0 Å². The molecule has 0 radical (unpaired) electrons. The summed E-state index contributed by atoms with van der Waals surface area (Å²) >= 11 is 1.24. The maximum Gasteiger partial charge on any atom is 0.338 e. The average Bonchev–Trinajstić information content (AvgIpc) is 3.31. The number of benzene rings is 3. The summed E-state index contributed by atoms with van der Waals surface area (Å²) in [6.45, 7) is 1.93. The van der Waals surface area contributed by atoms with Crippen LogP contribution in [-0.2, 0) is 9.53 Å². The van der Waals surface area contributed by atoms with Gasteiger partial charge in [-0.2, -0.15) is 0 Å². The normalized spacial score (nSPS) is 14.8. The smallest absolute Gasteiger partial charge is 0.338 e. The lowest BCUT2D eigenvalue weighted by atomic mass is 9.93. The molecule has 5 rings (SSSR count). The molecule has 40 heavy (non-hydrogen) atoms. The Morgan fingerprint density at radius 3 is 2.40 bits per heavy atom. The predicted molar refractivity (Wildman–Crippen MR) is 154 cm³/mol. The van der Waals surface area contributed by atoms with Crippen LogP contribution < -0.4 is 29.1 Å². The fourth-order valence-electron chi connectivity index (χ4n) is 4.65. The molecule has 8 nitrogen and oxygen atoms in total. The third-order valence-electron chi connectivity index (χ3n) is 6.51. The van der Waals surface area contributed by atoms with Crippen molar-refractivity contribution in [2.24, 2.45) is 4.99 Å². The van der Waals surface area contributed by atoms with Crippen LogP contribution >= 0.6 is 11.3 Å². The Labute approximate surface area is 235 Å². The highest BCUT2D eigenvalue weighted by atomic mass is 32.1. The highest BCUT2D eigenvalue weighted by molar-refractivity contribution is 7.07. The third-order valence-corrected chi connectivity index (χ3v) is 7.49. The molecule has 0 bridgehead atoms. The molecule has 1 aliphatic rings. The SMILES string of the molecule is CCOC(=O)C1=C(c2ccccc2)N=c2s/c(=C/c3ccc(OC)cc3OC)c(=O)n2C1c1cccc(OC)c1. The van der Waals surface area contributed by atoms with Crippen molar-refractivity contribution in [3.63, 3.8) is 0 Å². The molecular formula is C31H28N2O6S. The average molecular weight is 557 g/mol. The minimum Gasteiger partial charge on any atom is -0.497 e. The predicted octanol–water partition coefficient (Wildman–Crippen LogP) is 3.96. The van der Waals surface area contributed by atoms with Crippen LogP contribution in [0, 0.1) is 0 Å². The largest absolute Gasteiger partial charge is 0.497 e. The molecule has 4 aromatic rings. The van der Waals surface area contributed by atoms with Gasteiger partial charge >= 0.3 is 5.97 Å². The minimum absolute atomic E-state index is 0.177. The van der Waals surface area contributed by atoms with Gasteiger partial charge in [0.25, 0.3) is 5.56 Å². The van der Waals surface area contributed by atoms with Gasteiger partial charge in [0.1, 0.15) is 17.2 Å². The number of methoxy groups -OCH3 is 3. The van der Waals surface area contributed by atoms with E-state index in [1.165, 1.54) is 11.3 Å². The number of nitrogens with zero attached hydrogens (tertiary/aromatic N) is 2. The molecular weight excluding hydrogens is 528 g/mol. The summed E-state index contributed by atoms with van der Waals surface area (Å²) in [7, 11) is 4.72. The molecule has 0 saturated carbocycles. The van der Waals surface area contributed by atoms with Gasteiger partial charge in [0, 0.05) is 17.2 Å². The summed E-state index contributed by atoms with van der Waals surface area (Å²) in [5.41, 5.74) is 2.60. The van der Waals surface area contributed by atoms with Gasteiger partial charge in [-0.05, 0) is 42.8 Å². The van der Waals surface area contributed by atoms with E-state index in [0.29, 0.717) is 43.4 Å². The number of hydrogen-bond acceptors (Lipinski definition) is 8. The molecule has 0 fully saturated rings. The second kappa shape index (κ2) is 11.6. The molecule has 204 valence electrons. The molecule has 1 unspecified atom stereocenters. The summed E-state index contributed by atoms with van der Waals surface area (Å²) in [6, 6.07) is 21.4. The van der Waals surface area contributed by atoms with Gasteiger partial charge in [0.2, 0.25) is 0 Å². The second-order valence-electron chi connectivity index (χ2n) is 8.82. The molecule has 3 aromatic carbocycles. The molecule has 0 saturated heterocycles. The highest BCUT2D eigenvalue weighted by Gasteiger charge is 2.35. The molecule has 1 atom stereocenters. The molecule has 0 spiro atoms. The van der Waals surface area contributed by atoms with Crippen molar-refractivity contribution in [3.05, 3.63) is 115 Å². The Balaban J connectivity index is 1.82. The van der Waals surface area contributed by atoms with Gasteiger partial charge in [-0.25, -0.2) is 9.79 Å². The van der Waals surface area contributed by atoms with Crippen LogP contribution in [0.2, 0.25) is 0 Å². The molecule has 2 heterocycles. The van der Waals surface area contributed by atoms with Crippen molar-refractivity contribution in [3.8, 4) is 17.2 Å².